The van der Waals surface area contributed by atoms with Crippen molar-refractivity contribution in [3.8, 4) is 0 Å². The van der Waals surface area contributed by atoms with Crippen LogP contribution in [-0.4, -0.2) is 50.0 Å². The van der Waals surface area contributed by atoms with E-state index in [1.54, 1.807) is 42.5 Å². The highest BCUT2D eigenvalue weighted by Crippen LogP contribution is 2.25. The van der Waals surface area contributed by atoms with Crippen LogP contribution < -0.4 is 9.62 Å². The number of anilines is 1. The van der Waals surface area contributed by atoms with Crippen LogP contribution in [0.1, 0.15) is 44.7 Å². The number of sulfonamides is 1. The maximum atomic E-state index is 13.6. The number of hydrogen-bond acceptors (Lipinski definition) is 4. The molecule has 0 aliphatic heterocycles. The van der Waals surface area contributed by atoms with Crippen LogP contribution >= 0.6 is 23.2 Å². The van der Waals surface area contributed by atoms with Gasteiger partial charge in [0.25, 0.3) is 0 Å². The van der Waals surface area contributed by atoms with Gasteiger partial charge in [-0.1, -0.05) is 60.8 Å². The van der Waals surface area contributed by atoms with Crippen molar-refractivity contribution in [2.45, 2.75) is 59.2 Å². The molecule has 0 aliphatic carbocycles. The molecule has 2 amide bonds. The molecule has 2 aromatic carbocycles. The number of carbonyl (C=O) groups excluding carboxylic acids is 2. The van der Waals surface area contributed by atoms with Crippen LogP contribution in [0.4, 0.5) is 5.69 Å². The monoisotopic (exact) mass is 541 g/mol. The van der Waals surface area contributed by atoms with Gasteiger partial charge in [-0.25, -0.2) is 8.42 Å². The number of nitrogens with zero attached hydrogens (tertiary/aromatic N) is 2. The lowest BCUT2D eigenvalue weighted by Gasteiger charge is -2.33. The van der Waals surface area contributed by atoms with Crippen LogP contribution in [0.5, 0.6) is 0 Å². The predicted molar refractivity (Wildman–Crippen MR) is 142 cm³/mol. The van der Waals surface area contributed by atoms with Gasteiger partial charge in [0.2, 0.25) is 21.8 Å². The fraction of sp³-hybridized carbons (Fsp3) is 0.440. The summed E-state index contributed by atoms with van der Waals surface area (Å²) in [5.41, 5.74) is 2.00. The van der Waals surface area contributed by atoms with Crippen molar-refractivity contribution in [1.82, 2.24) is 10.2 Å². The second-order valence-electron chi connectivity index (χ2n) is 8.62. The van der Waals surface area contributed by atoms with Crippen LogP contribution in [0.3, 0.4) is 0 Å². The first kappa shape index (κ1) is 28.9. The van der Waals surface area contributed by atoms with E-state index in [4.69, 9.17) is 23.2 Å². The van der Waals surface area contributed by atoms with Crippen molar-refractivity contribution in [3.05, 3.63) is 63.6 Å². The highest BCUT2D eigenvalue weighted by atomic mass is 35.5. The number of rotatable bonds is 11. The lowest BCUT2D eigenvalue weighted by molar-refractivity contribution is -0.140. The highest BCUT2D eigenvalue weighted by Gasteiger charge is 2.32. The number of hydrogen-bond donors (Lipinski definition) is 1. The maximum Gasteiger partial charge on any atom is 0.244 e. The Morgan fingerprint density at radius 2 is 1.63 bits per heavy atom. The third-order valence-electron chi connectivity index (χ3n) is 5.73. The molecule has 2 unspecified atom stereocenters. The Kier molecular flexibility index (Phi) is 10.4. The van der Waals surface area contributed by atoms with E-state index in [9.17, 15) is 18.0 Å². The van der Waals surface area contributed by atoms with Crippen molar-refractivity contribution in [1.29, 1.82) is 0 Å². The van der Waals surface area contributed by atoms with Gasteiger partial charge < -0.3 is 10.2 Å². The van der Waals surface area contributed by atoms with Crippen LogP contribution in [0.25, 0.3) is 0 Å². The summed E-state index contributed by atoms with van der Waals surface area (Å²) in [4.78, 5) is 28.2. The smallest absolute Gasteiger partial charge is 0.244 e. The van der Waals surface area contributed by atoms with Crippen molar-refractivity contribution >= 4 is 50.7 Å². The minimum Gasteiger partial charge on any atom is -0.352 e. The summed E-state index contributed by atoms with van der Waals surface area (Å²) < 4.78 is 26.3. The molecule has 10 heteroatoms. The number of aryl methyl sites for hydroxylation is 1. The van der Waals surface area contributed by atoms with Gasteiger partial charge in [0.1, 0.15) is 12.6 Å². The SMILES string of the molecule is CCC(C)NC(=O)C(CC)N(Cc1ccc(Cl)c(Cl)c1)C(=O)CN(c1ccc(C)cc1)S(C)(=O)=O. The maximum absolute atomic E-state index is 13.6. The van der Waals surface area contributed by atoms with Gasteiger partial charge in [0, 0.05) is 12.6 Å². The fourth-order valence-corrected chi connectivity index (χ4v) is 4.69. The van der Waals surface area contributed by atoms with Gasteiger partial charge in [-0.15, -0.1) is 0 Å². The normalized spacial score (nSPS) is 13.1. The first-order valence-electron chi connectivity index (χ1n) is 11.5. The van der Waals surface area contributed by atoms with Gasteiger partial charge in [-0.2, -0.15) is 0 Å². The van der Waals surface area contributed by atoms with E-state index in [1.165, 1.54) is 4.90 Å². The van der Waals surface area contributed by atoms with Crippen LogP contribution in [0.2, 0.25) is 10.0 Å². The van der Waals surface area contributed by atoms with Gasteiger partial charge in [-0.05, 0) is 56.5 Å². The molecule has 0 aliphatic rings. The zero-order valence-corrected chi connectivity index (χ0v) is 23.0. The molecule has 0 fully saturated rings. The number of benzene rings is 2. The third-order valence-corrected chi connectivity index (χ3v) is 7.60. The van der Waals surface area contributed by atoms with Crippen molar-refractivity contribution in [2.24, 2.45) is 0 Å². The van der Waals surface area contributed by atoms with E-state index in [0.29, 0.717) is 27.7 Å². The van der Waals surface area contributed by atoms with Gasteiger partial charge in [0.15, 0.2) is 0 Å². The Bertz CT molecular complexity index is 1140. The molecule has 35 heavy (non-hydrogen) atoms. The fourth-order valence-electron chi connectivity index (χ4n) is 3.52. The quantitative estimate of drug-likeness (QED) is 0.443. The van der Waals surface area contributed by atoms with Crippen molar-refractivity contribution < 1.29 is 18.0 Å². The second-order valence-corrected chi connectivity index (χ2v) is 11.3. The van der Waals surface area contributed by atoms with E-state index < -0.39 is 28.5 Å². The Morgan fingerprint density at radius 3 is 2.14 bits per heavy atom. The summed E-state index contributed by atoms with van der Waals surface area (Å²) in [5, 5.41) is 3.63. The Balaban J connectivity index is 2.45. The minimum absolute atomic E-state index is 0.0631. The molecule has 0 saturated heterocycles. The Hall–Kier alpha value is -2.29. The molecule has 0 aromatic heterocycles. The number of amides is 2. The molecule has 0 spiro atoms. The molecular formula is C25H33Cl2N3O4S. The predicted octanol–water partition coefficient (Wildman–Crippen LogP) is 4.79. The first-order valence-corrected chi connectivity index (χ1v) is 14.1. The molecule has 0 heterocycles. The minimum atomic E-state index is -3.77. The molecule has 7 nitrogen and oxygen atoms in total. The van der Waals surface area contributed by atoms with E-state index in [0.717, 1.165) is 22.5 Å². The summed E-state index contributed by atoms with van der Waals surface area (Å²) in [7, 11) is -3.77. The molecule has 2 aromatic rings. The average molecular weight is 543 g/mol. The summed E-state index contributed by atoms with van der Waals surface area (Å²) in [5.74, 6) is -0.801. The molecule has 2 atom stereocenters. The Labute approximate surface area is 218 Å². The summed E-state index contributed by atoms with van der Waals surface area (Å²) >= 11 is 12.2. The molecule has 2 rings (SSSR count). The summed E-state index contributed by atoms with van der Waals surface area (Å²) in [6.45, 7) is 7.16. The number of nitrogens with one attached hydrogen (secondary N) is 1. The number of carbonyl (C=O) groups is 2. The summed E-state index contributed by atoms with van der Waals surface area (Å²) in [6, 6.07) is 11.0. The standard InChI is InChI=1S/C25H33Cl2N3O4S/c1-6-18(4)28-25(32)23(7-2)29(15-19-10-13-21(26)22(27)14-19)24(31)16-30(35(5,33)34)20-11-8-17(3)9-12-20/h8-14,18,23H,6-7,15-16H2,1-5H3,(H,28,32). The zero-order valence-electron chi connectivity index (χ0n) is 20.7. The molecule has 192 valence electrons. The summed E-state index contributed by atoms with van der Waals surface area (Å²) in [6.07, 6.45) is 2.13. The van der Waals surface area contributed by atoms with Gasteiger partial charge in [0.05, 0.1) is 22.0 Å². The van der Waals surface area contributed by atoms with Gasteiger partial charge in [-0.3, -0.25) is 13.9 Å². The second kappa shape index (κ2) is 12.6. The molecule has 0 bridgehead atoms. The Morgan fingerprint density at radius 1 is 1.00 bits per heavy atom. The van der Waals surface area contributed by atoms with E-state index >= 15 is 0 Å². The largest absolute Gasteiger partial charge is 0.352 e. The average Bonchev–Trinajstić information content (AvgIpc) is 2.79. The van der Waals surface area contributed by atoms with Crippen molar-refractivity contribution in [3.63, 3.8) is 0 Å². The van der Waals surface area contributed by atoms with Crippen LogP contribution in [0.15, 0.2) is 42.5 Å². The lowest BCUT2D eigenvalue weighted by Crippen LogP contribution is -2.53. The van der Waals surface area contributed by atoms with E-state index in [-0.39, 0.29) is 18.5 Å². The van der Waals surface area contributed by atoms with Crippen LogP contribution in [-0.2, 0) is 26.2 Å². The first-order chi connectivity index (χ1) is 16.4. The third kappa shape index (κ3) is 8.12. The van der Waals surface area contributed by atoms with Crippen molar-refractivity contribution in [2.75, 3.05) is 17.1 Å². The highest BCUT2D eigenvalue weighted by molar-refractivity contribution is 7.92. The molecule has 0 saturated carbocycles. The molecule has 1 N–H and O–H groups in total. The zero-order chi connectivity index (χ0) is 26.3. The van der Waals surface area contributed by atoms with Gasteiger partial charge >= 0.3 is 0 Å². The number of halogens is 2. The molecular weight excluding hydrogens is 509 g/mol. The topological polar surface area (TPSA) is 86.8 Å². The van der Waals surface area contributed by atoms with E-state index in [1.807, 2.05) is 27.7 Å². The van der Waals surface area contributed by atoms with Crippen LogP contribution in [0, 0.1) is 6.92 Å². The lowest BCUT2D eigenvalue weighted by atomic mass is 10.1. The molecule has 0 radical (unpaired) electrons. The van der Waals surface area contributed by atoms with E-state index in [2.05, 4.69) is 5.32 Å².